The van der Waals surface area contributed by atoms with Gasteiger partial charge in [-0.25, -0.2) is 0 Å². The molecule has 2 aromatic rings. The summed E-state index contributed by atoms with van der Waals surface area (Å²) in [5.74, 6) is -0.390. The van der Waals surface area contributed by atoms with Crippen molar-refractivity contribution in [1.29, 1.82) is 0 Å². The number of nitrogens with one attached hydrogen (secondary N) is 3. The molecule has 0 aliphatic carbocycles. The van der Waals surface area contributed by atoms with Crippen LogP contribution >= 0.6 is 23.8 Å². The molecule has 2 aromatic carbocycles. The molecule has 0 bridgehead atoms. The number of carbonyl (C=O) groups is 2. The van der Waals surface area contributed by atoms with Crippen LogP contribution in [-0.4, -0.2) is 16.9 Å². The first-order chi connectivity index (χ1) is 14.0. The van der Waals surface area contributed by atoms with E-state index in [0.717, 1.165) is 24.8 Å². The van der Waals surface area contributed by atoms with Gasteiger partial charge in [0.15, 0.2) is 5.11 Å². The van der Waals surface area contributed by atoms with Crippen LogP contribution in [-0.2, 0) is 9.59 Å². The second-order valence-electron chi connectivity index (χ2n) is 6.38. The van der Waals surface area contributed by atoms with Crippen molar-refractivity contribution in [1.82, 2.24) is 5.32 Å². The molecule has 0 saturated carbocycles. The van der Waals surface area contributed by atoms with E-state index in [1.54, 1.807) is 36.4 Å². The van der Waals surface area contributed by atoms with Gasteiger partial charge < -0.3 is 10.6 Å². The fraction of sp³-hybridized carbons (Fsp3) is 0.227. The van der Waals surface area contributed by atoms with Crippen LogP contribution in [0.4, 0.5) is 11.4 Å². The van der Waals surface area contributed by atoms with Gasteiger partial charge in [-0.05, 0) is 54.5 Å². The predicted molar refractivity (Wildman–Crippen MR) is 124 cm³/mol. The van der Waals surface area contributed by atoms with Gasteiger partial charge in [-0.2, -0.15) is 0 Å². The molecule has 29 heavy (non-hydrogen) atoms. The molecule has 0 unspecified atom stereocenters. The number of amides is 2. The summed E-state index contributed by atoms with van der Waals surface area (Å²) >= 11 is 11.2. The third kappa shape index (κ3) is 8.46. The number of anilines is 2. The van der Waals surface area contributed by atoms with Crippen molar-refractivity contribution in [3.05, 3.63) is 65.2 Å². The molecule has 7 heteroatoms. The Labute approximate surface area is 181 Å². The van der Waals surface area contributed by atoms with Gasteiger partial charge in [0.05, 0.1) is 0 Å². The number of halogens is 1. The molecule has 0 heterocycles. The van der Waals surface area contributed by atoms with Gasteiger partial charge in [0.2, 0.25) is 11.8 Å². The maximum absolute atomic E-state index is 12.0. The summed E-state index contributed by atoms with van der Waals surface area (Å²) in [4.78, 5) is 24.0. The van der Waals surface area contributed by atoms with E-state index in [0.29, 0.717) is 22.8 Å². The normalized spacial score (nSPS) is 10.6. The molecule has 0 radical (unpaired) electrons. The zero-order valence-electron chi connectivity index (χ0n) is 16.2. The maximum atomic E-state index is 12.0. The summed E-state index contributed by atoms with van der Waals surface area (Å²) in [5.41, 5.74) is 2.08. The van der Waals surface area contributed by atoms with Gasteiger partial charge in [-0.15, -0.1) is 0 Å². The number of unbranched alkanes of at least 4 members (excludes halogenated alkanes) is 2. The Morgan fingerprint density at radius 1 is 1.03 bits per heavy atom. The molecular weight excluding hydrogens is 406 g/mol. The molecule has 5 nitrogen and oxygen atoms in total. The topological polar surface area (TPSA) is 70.2 Å². The van der Waals surface area contributed by atoms with Gasteiger partial charge in [-0.3, -0.25) is 14.9 Å². The standard InChI is InChI=1S/C22H24ClN3O2S/c1-2-3-4-12-20(27)24-17-9-7-10-18(15-17)25-22(29)26-21(28)14-13-16-8-5-6-11-19(16)23/h5-11,13-15H,2-4,12H2,1H3,(H,24,27)(H2,25,26,28,29)/b14-13+. The Morgan fingerprint density at radius 2 is 1.76 bits per heavy atom. The number of hydrogen-bond acceptors (Lipinski definition) is 3. The van der Waals surface area contributed by atoms with Gasteiger partial charge in [0, 0.05) is 28.9 Å². The fourth-order valence-corrected chi connectivity index (χ4v) is 2.94. The summed E-state index contributed by atoms with van der Waals surface area (Å²) < 4.78 is 0. The highest BCUT2D eigenvalue weighted by Crippen LogP contribution is 2.17. The summed E-state index contributed by atoms with van der Waals surface area (Å²) in [5, 5.41) is 9.10. The van der Waals surface area contributed by atoms with Gasteiger partial charge in [0.1, 0.15) is 0 Å². The molecule has 2 amide bonds. The monoisotopic (exact) mass is 429 g/mol. The molecule has 0 aliphatic rings. The first kappa shape index (κ1) is 22.6. The SMILES string of the molecule is CCCCCC(=O)Nc1cccc(NC(=S)NC(=O)/C=C/c2ccccc2Cl)c1. The zero-order chi connectivity index (χ0) is 21.1. The highest BCUT2D eigenvalue weighted by molar-refractivity contribution is 7.80. The zero-order valence-corrected chi connectivity index (χ0v) is 17.8. The van der Waals surface area contributed by atoms with Crippen molar-refractivity contribution < 1.29 is 9.59 Å². The van der Waals surface area contributed by atoms with E-state index in [1.165, 1.54) is 6.08 Å². The Kier molecular flexibility index (Phi) is 9.34. The number of rotatable bonds is 8. The lowest BCUT2D eigenvalue weighted by atomic mass is 10.2. The van der Waals surface area contributed by atoms with E-state index in [9.17, 15) is 9.59 Å². The van der Waals surface area contributed by atoms with Crippen LogP contribution < -0.4 is 16.0 Å². The van der Waals surface area contributed by atoms with E-state index >= 15 is 0 Å². The molecule has 0 saturated heterocycles. The second-order valence-corrected chi connectivity index (χ2v) is 7.20. The van der Waals surface area contributed by atoms with Crippen LogP contribution in [0.1, 0.15) is 38.2 Å². The number of hydrogen-bond donors (Lipinski definition) is 3. The first-order valence-electron chi connectivity index (χ1n) is 9.42. The van der Waals surface area contributed by atoms with Crippen LogP contribution in [0.15, 0.2) is 54.6 Å². The summed E-state index contributed by atoms with van der Waals surface area (Å²) in [6, 6.07) is 14.4. The number of carbonyl (C=O) groups excluding carboxylic acids is 2. The molecule has 0 spiro atoms. The molecule has 3 N–H and O–H groups in total. The predicted octanol–water partition coefficient (Wildman–Crippen LogP) is 5.39. The number of thiocarbonyl (C=S) groups is 1. The Hall–Kier alpha value is -2.70. The highest BCUT2D eigenvalue weighted by atomic mass is 35.5. The molecule has 0 aromatic heterocycles. The average Bonchev–Trinajstić information content (AvgIpc) is 2.67. The van der Waals surface area contributed by atoms with E-state index in [4.69, 9.17) is 23.8 Å². The summed E-state index contributed by atoms with van der Waals surface area (Å²) in [6.07, 6.45) is 6.46. The Morgan fingerprint density at radius 3 is 2.48 bits per heavy atom. The van der Waals surface area contributed by atoms with Crippen molar-refractivity contribution in [3.63, 3.8) is 0 Å². The van der Waals surface area contributed by atoms with E-state index in [2.05, 4.69) is 22.9 Å². The average molecular weight is 430 g/mol. The minimum Gasteiger partial charge on any atom is -0.332 e. The molecule has 0 fully saturated rings. The van der Waals surface area contributed by atoms with Gasteiger partial charge >= 0.3 is 0 Å². The molecular formula is C22H24ClN3O2S. The van der Waals surface area contributed by atoms with Crippen LogP contribution in [0.25, 0.3) is 6.08 Å². The van der Waals surface area contributed by atoms with Crippen molar-refractivity contribution in [2.75, 3.05) is 10.6 Å². The third-order valence-electron chi connectivity index (χ3n) is 3.97. The minimum absolute atomic E-state index is 0.0174. The van der Waals surface area contributed by atoms with E-state index in [1.807, 2.05) is 18.2 Å². The van der Waals surface area contributed by atoms with Crippen molar-refractivity contribution in [2.24, 2.45) is 0 Å². The Bertz CT molecular complexity index is 899. The highest BCUT2D eigenvalue weighted by Gasteiger charge is 2.05. The second kappa shape index (κ2) is 12.0. The van der Waals surface area contributed by atoms with Gasteiger partial charge in [-0.1, -0.05) is 55.6 Å². The van der Waals surface area contributed by atoms with Crippen LogP contribution in [0, 0.1) is 0 Å². The smallest absolute Gasteiger partial charge is 0.250 e. The van der Waals surface area contributed by atoms with Gasteiger partial charge in [0.25, 0.3) is 0 Å². The van der Waals surface area contributed by atoms with Crippen LogP contribution in [0.5, 0.6) is 0 Å². The Balaban J connectivity index is 1.86. The summed E-state index contributed by atoms with van der Waals surface area (Å²) in [7, 11) is 0. The lowest BCUT2D eigenvalue weighted by molar-refractivity contribution is -0.116. The van der Waals surface area contributed by atoms with Crippen molar-refractivity contribution in [3.8, 4) is 0 Å². The van der Waals surface area contributed by atoms with Crippen LogP contribution in [0.3, 0.4) is 0 Å². The maximum Gasteiger partial charge on any atom is 0.250 e. The molecule has 0 atom stereocenters. The van der Waals surface area contributed by atoms with E-state index in [-0.39, 0.29) is 16.9 Å². The lowest BCUT2D eigenvalue weighted by Crippen LogP contribution is -2.32. The number of benzene rings is 2. The molecule has 2 rings (SSSR count). The molecule has 0 aliphatic heterocycles. The fourth-order valence-electron chi connectivity index (χ4n) is 2.53. The van der Waals surface area contributed by atoms with Crippen molar-refractivity contribution in [2.45, 2.75) is 32.6 Å². The van der Waals surface area contributed by atoms with Crippen molar-refractivity contribution >= 4 is 58.2 Å². The largest absolute Gasteiger partial charge is 0.332 e. The quantitative estimate of drug-likeness (QED) is 0.299. The first-order valence-corrected chi connectivity index (χ1v) is 10.2. The van der Waals surface area contributed by atoms with Crippen LogP contribution in [0.2, 0.25) is 5.02 Å². The van der Waals surface area contributed by atoms with E-state index < -0.39 is 0 Å². The minimum atomic E-state index is -0.372. The summed E-state index contributed by atoms with van der Waals surface area (Å²) in [6.45, 7) is 2.10. The molecule has 152 valence electrons. The lowest BCUT2D eigenvalue weighted by Gasteiger charge is -2.10. The third-order valence-corrected chi connectivity index (χ3v) is 4.52.